The minimum absolute atomic E-state index is 0.107. The first-order valence-electron chi connectivity index (χ1n) is 10.7. The molecular weight excluding hydrogens is 374 g/mol. The summed E-state index contributed by atoms with van der Waals surface area (Å²) in [7, 11) is 0. The van der Waals surface area contributed by atoms with E-state index < -0.39 is 0 Å². The van der Waals surface area contributed by atoms with Crippen LogP contribution in [0, 0.1) is 6.92 Å². The molecule has 4 N–H and O–H groups in total. The van der Waals surface area contributed by atoms with Gasteiger partial charge in [0.05, 0.1) is 0 Å². The number of carbonyl (C=O) groups excluding carboxylic acids is 1. The Morgan fingerprint density at radius 2 is 1.60 bits per heavy atom. The van der Waals surface area contributed by atoms with E-state index >= 15 is 0 Å². The highest BCUT2D eigenvalue weighted by Gasteiger charge is 2.27. The van der Waals surface area contributed by atoms with Gasteiger partial charge in [-0.1, -0.05) is 47.6 Å². The predicted octanol–water partition coefficient (Wildman–Crippen LogP) is 5.03. The molecule has 5 heteroatoms. The zero-order valence-electron chi connectivity index (χ0n) is 19.5. The Balaban J connectivity index is 2.05. The molecule has 0 aliphatic heterocycles. The normalized spacial score (nSPS) is 12.1. The minimum atomic E-state index is -0.261. The summed E-state index contributed by atoms with van der Waals surface area (Å²) in [5.41, 5.74) is 9.59. The average Bonchev–Trinajstić information content (AvgIpc) is 2.62. The number of nitrogens with one attached hydrogen (secondary N) is 1. The van der Waals surface area contributed by atoms with Crippen LogP contribution >= 0.6 is 0 Å². The summed E-state index contributed by atoms with van der Waals surface area (Å²) in [5.74, 6) is 0.723. The molecule has 0 aliphatic rings. The number of carbonyl (C=O) groups is 1. The number of nitrogens with two attached hydrogens (primary N) is 1. The highest BCUT2D eigenvalue weighted by Crippen LogP contribution is 2.39. The van der Waals surface area contributed by atoms with Gasteiger partial charge in [0, 0.05) is 28.9 Å². The topological polar surface area (TPSA) is 88.2 Å². The molecule has 1 heterocycles. The van der Waals surface area contributed by atoms with Crippen LogP contribution in [0.4, 0.5) is 5.82 Å². The van der Waals surface area contributed by atoms with Crippen molar-refractivity contribution in [1.29, 1.82) is 0 Å². The van der Waals surface area contributed by atoms with Crippen molar-refractivity contribution in [3.63, 3.8) is 0 Å². The number of hydrogen-bond acceptors (Lipinski definition) is 4. The molecule has 0 fully saturated rings. The molecule has 0 aliphatic carbocycles. The number of benzene rings is 1. The van der Waals surface area contributed by atoms with Crippen molar-refractivity contribution in [2.75, 3.05) is 12.3 Å². The standard InChI is InChI=1S/C25H37N3O2/c1-16-11-12-21(26)28-20(16)10-8-9-13-27-23(30)17-14-18(24(2,3)4)22(29)19(15-17)25(5,6)7/h11-12,14-15,29H,8-10,13H2,1-7H3,(H2,26,28)(H,27,30). The fraction of sp³-hybridized carbons (Fsp3) is 0.520. The van der Waals surface area contributed by atoms with Crippen molar-refractivity contribution in [3.05, 3.63) is 52.2 Å². The molecule has 0 saturated carbocycles. The third-order valence-electron chi connectivity index (χ3n) is 5.34. The second-order valence-electron chi connectivity index (χ2n) is 10.1. The average molecular weight is 412 g/mol. The van der Waals surface area contributed by atoms with Crippen LogP contribution in [0.5, 0.6) is 5.75 Å². The Hall–Kier alpha value is -2.56. The lowest BCUT2D eigenvalue weighted by Crippen LogP contribution is -2.26. The van der Waals surface area contributed by atoms with Gasteiger partial charge in [-0.25, -0.2) is 4.98 Å². The Morgan fingerprint density at radius 3 is 2.13 bits per heavy atom. The molecule has 164 valence electrons. The molecule has 30 heavy (non-hydrogen) atoms. The molecule has 0 saturated heterocycles. The monoisotopic (exact) mass is 411 g/mol. The lowest BCUT2D eigenvalue weighted by atomic mass is 9.78. The molecule has 1 amide bonds. The number of unbranched alkanes of at least 4 members (excludes halogenated alkanes) is 1. The zero-order valence-corrected chi connectivity index (χ0v) is 19.5. The van der Waals surface area contributed by atoms with Gasteiger partial charge in [0.15, 0.2) is 0 Å². The van der Waals surface area contributed by atoms with Crippen LogP contribution in [0.2, 0.25) is 0 Å². The number of aryl methyl sites for hydroxylation is 2. The molecular formula is C25H37N3O2. The molecule has 5 nitrogen and oxygen atoms in total. The Morgan fingerprint density at radius 1 is 1.03 bits per heavy atom. The second kappa shape index (κ2) is 9.07. The first-order valence-corrected chi connectivity index (χ1v) is 10.7. The van der Waals surface area contributed by atoms with Gasteiger partial charge >= 0.3 is 0 Å². The van der Waals surface area contributed by atoms with Crippen molar-refractivity contribution in [1.82, 2.24) is 10.3 Å². The van der Waals surface area contributed by atoms with Crippen LogP contribution in [-0.2, 0) is 17.3 Å². The number of hydrogen-bond donors (Lipinski definition) is 3. The SMILES string of the molecule is Cc1ccc(N)nc1CCCCNC(=O)c1cc(C(C)(C)C)c(O)c(C(C)(C)C)c1. The number of phenolic OH excluding ortho intramolecular Hbond substituents is 1. The van der Waals surface area contributed by atoms with Crippen LogP contribution in [0.15, 0.2) is 24.3 Å². The van der Waals surface area contributed by atoms with Crippen LogP contribution in [-0.4, -0.2) is 22.5 Å². The molecule has 0 radical (unpaired) electrons. The van der Waals surface area contributed by atoms with Crippen LogP contribution in [0.25, 0.3) is 0 Å². The quantitative estimate of drug-likeness (QED) is 0.582. The number of rotatable bonds is 6. The van der Waals surface area contributed by atoms with Crippen molar-refractivity contribution in [2.45, 2.75) is 78.6 Å². The van der Waals surface area contributed by atoms with Crippen molar-refractivity contribution in [3.8, 4) is 5.75 Å². The molecule has 0 spiro atoms. The summed E-state index contributed by atoms with van der Waals surface area (Å²) in [6.45, 7) is 14.9. The van der Waals surface area contributed by atoms with Crippen molar-refractivity contribution >= 4 is 11.7 Å². The van der Waals surface area contributed by atoms with Crippen LogP contribution in [0.1, 0.15) is 87.1 Å². The number of nitrogens with zero attached hydrogens (tertiary/aromatic N) is 1. The van der Waals surface area contributed by atoms with Crippen molar-refractivity contribution in [2.24, 2.45) is 0 Å². The van der Waals surface area contributed by atoms with E-state index in [2.05, 4.69) is 10.3 Å². The van der Waals surface area contributed by atoms with E-state index in [0.29, 0.717) is 17.9 Å². The summed E-state index contributed by atoms with van der Waals surface area (Å²) in [6.07, 6.45) is 2.62. The second-order valence-corrected chi connectivity index (χ2v) is 10.1. The van der Waals surface area contributed by atoms with Gasteiger partial charge in [-0.15, -0.1) is 0 Å². The number of amides is 1. The molecule has 0 atom stereocenters. The van der Waals surface area contributed by atoms with E-state index in [1.807, 2.05) is 72.7 Å². The Kier molecular flexibility index (Phi) is 7.17. The van der Waals surface area contributed by atoms with Crippen LogP contribution < -0.4 is 11.1 Å². The number of pyridine rings is 1. The van der Waals surface area contributed by atoms with Gasteiger partial charge < -0.3 is 16.2 Å². The zero-order chi connectivity index (χ0) is 22.7. The van der Waals surface area contributed by atoms with E-state index in [0.717, 1.165) is 41.6 Å². The molecule has 1 aromatic heterocycles. The van der Waals surface area contributed by atoms with E-state index in [1.165, 1.54) is 0 Å². The molecule has 1 aromatic carbocycles. The molecule has 0 unspecified atom stereocenters. The summed E-state index contributed by atoms with van der Waals surface area (Å²) < 4.78 is 0. The summed E-state index contributed by atoms with van der Waals surface area (Å²) in [6, 6.07) is 7.44. The third kappa shape index (κ3) is 5.97. The van der Waals surface area contributed by atoms with Gasteiger partial charge in [-0.2, -0.15) is 0 Å². The van der Waals surface area contributed by atoms with Crippen molar-refractivity contribution < 1.29 is 9.90 Å². The maximum atomic E-state index is 12.8. The lowest BCUT2D eigenvalue weighted by Gasteiger charge is -2.28. The molecule has 2 aromatic rings. The first kappa shape index (κ1) is 23.7. The van der Waals surface area contributed by atoms with E-state index in [-0.39, 0.29) is 22.5 Å². The number of aromatic hydroxyl groups is 1. The maximum Gasteiger partial charge on any atom is 0.251 e. The highest BCUT2D eigenvalue weighted by atomic mass is 16.3. The smallest absolute Gasteiger partial charge is 0.251 e. The van der Waals surface area contributed by atoms with E-state index in [1.54, 1.807) is 0 Å². The van der Waals surface area contributed by atoms with Gasteiger partial charge in [0.1, 0.15) is 11.6 Å². The van der Waals surface area contributed by atoms with Crippen LogP contribution in [0.3, 0.4) is 0 Å². The van der Waals surface area contributed by atoms with E-state index in [4.69, 9.17) is 5.73 Å². The van der Waals surface area contributed by atoms with E-state index in [9.17, 15) is 9.90 Å². The highest BCUT2D eigenvalue weighted by molar-refractivity contribution is 5.95. The lowest BCUT2D eigenvalue weighted by molar-refractivity contribution is 0.0952. The third-order valence-corrected chi connectivity index (χ3v) is 5.34. The largest absolute Gasteiger partial charge is 0.507 e. The Labute approximate surface area is 181 Å². The van der Waals surface area contributed by atoms with Gasteiger partial charge in [-0.05, 0) is 60.8 Å². The summed E-state index contributed by atoms with van der Waals surface area (Å²) >= 11 is 0. The summed E-state index contributed by atoms with van der Waals surface area (Å²) in [5, 5.41) is 13.8. The fourth-order valence-corrected chi connectivity index (χ4v) is 3.47. The first-order chi connectivity index (χ1) is 13.8. The maximum absolute atomic E-state index is 12.8. The number of anilines is 1. The minimum Gasteiger partial charge on any atom is -0.507 e. The summed E-state index contributed by atoms with van der Waals surface area (Å²) in [4.78, 5) is 17.2. The number of aromatic nitrogens is 1. The van der Waals surface area contributed by atoms with Gasteiger partial charge in [0.25, 0.3) is 5.91 Å². The molecule has 2 rings (SSSR count). The predicted molar refractivity (Wildman–Crippen MR) is 124 cm³/mol. The van der Waals surface area contributed by atoms with Gasteiger partial charge in [0.2, 0.25) is 0 Å². The fourth-order valence-electron chi connectivity index (χ4n) is 3.47. The number of phenols is 1. The molecule has 0 bridgehead atoms. The number of nitrogen functional groups attached to an aromatic ring is 1. The Bertz CT molecular complexity index is 871. The van der Waals surface area contributed by atoms with Gasteiger partial charge in [-0.3, -0.25) is 4.79 Å².